The van der Waals surface area contributed by atoms with Gasteiger partial charge in [-0.1, -0.05) is 6.92 Å². The quantitative estimate of drug-likeness (QED) is 0.615. The van der Waals surface area contributed by atoms with Crippen molar-refractivity contribution in [2.75, 3.05) is 41.6 Å². The number of thioether (sulfide) groups is 1. The summed E-state index contributed by atoms with van der Waals surface area (Å²) in [5.74, 6) is 8.21. The van der Waals surface area contributed by atoms with E-state index in [4.69, 9.17) is 5.84 Å². The molecule has 1 fully saturated rings. The van der Waals surface area contributed by atoms with E-state index in [-0.39, 0.29) is 0 Å². The summed E-state index contributed by atoms with van der Waals surface area (Å²) in [6.45, 7) is 5.38. The number of rotatable bonds is 3. The highest BCUT2D eigenvalue weighted by molar-refractivity contribution is 8.00. The van der Waals surface area contributed by atoms with E-state index < -0.39 is 0 Å². The van der Waals surface area contributed by atoms with Gasteiger partial charge in [0.05, 0.1) is 0 Å². The third kappa shape index (κ3) is 3.01. The van der Waals surface area contributed by atoms with Gasteiger partial charge in [-0.2, -0.15) is 26.7 Å². The van der Waals surface area contributed by atoms with E-state index in [1.54, 1.807) is 0 Å². The zero-order valence-corrected chi connectivity index (χ0v) is 12.6. The second-order valence-corrected chi connectivity index (χ2v) is 6.29. The minimum Gasteiger partial charge on any atom is -0.347 e. The van der Waals surface area contributed by atoms with Crippen molar-refractivity contribution in [2.45, 2.75) is 25.1 Å². The van der Waals surface area contributed by atoms with Gasteiger partial charge in [-0.15, -0.1) is 0 Å². The average molecular weight is 283 g/mol. The van der Waals surface area contributed by atoms with E-state index in [1.165, 1.54) is 0 Å². The monoisotopic (exact) mass is 283 g/mol. The van der Waals surface area contributed by atoms with E-state index in [1.807, 2.05) is 30.8 Å². The van der Waals surface area contributed by atoms with Gasteiger partial charge in [0.15, 0.2) is 0 Å². The molecule has 3 N–H and O–H groups in total. The Morgan fingerprint density at radius 3 is 2.68 bits per heavy atom. The van der Waals surface area contributed by atoms with Crippen LogP contribution in [-0.4, -0.2) is 52.6 Å². The summed E-state index contributed by atoms with van der Waals surface area (Å²) in [5, 5.41) is 0.558. The zero-order chi connectivity index (χ0) is 14.0. The van der Waals surface area contributed by atoms with Crippen molar-refractivity contribution in [3.63, 3.8) is 0 Å². The zero-order valence-electron chi connectivity index (χ0n) is 11.8. The van der Waals surface area contributed by atoms with E-state index in [9.17, 15) is 0 Å². The molecule has 7 nitrogen and oxygen atoms in total. The SMILES string of the molecule is CC1SCCN(c2nc(NN)nc(N(C)C)n2)C1C. The number of aromatic nitrogens is 3. The summed E-state index contributed by atoms with van der Waals surface area (Å²) in [4.78, 5) is 17.2. The van der Waals surface area contributed by atoms with Crippen LogP contribution in [0.4, 0.5) is 17.8 Å². The summed E-state index contributed by atoms with van der Waals surface area (Å²) in [7, 11) is 3.80. The van der Waals surface area contributed by atoms with Crippen molar-refractivity contribution in [2.24, 2.45) is 5.84 Å². The molecule has 106 valence electrons. The number of nitrogen functional groups attached to an aromatic ring is 1. The predicted octanol–water partition coefficient (Wildman–Crippen LogP) is 0.553. The van der Waals surface area contributed by atoms with Crippen LogP contribution in [0.15, 0.2) is 0 Å². The molecule has 2 rings (SSSR count). The fourth-order valence-corrected chi connectivity index (χ4v) is 3.06. The van der Waals surface area contributed by atoms with E-state index >= 15 is 0 Å². The third-order valence-electron chi connectivity index (χ3n) is 3.28. The Morgan fingerprint density at radius 2 is 2.05 bits per heavy atom. The highest BCUT2D eigenvalue weighted by atomic mass is 32.2. The van der Waals surface area contributed by atoms with Crippen LogP contribution in [0, 0.1) is 0 Å². The van der Waals surface area contributed by atoms with Crippen LogP contribution in [0.25, 0.3) is 0 Å². The van der Waals surface area contributed by atoms with Gasteiger partial charge in [-0.05, 0) is 6.92 Å². The molecular weight excluding hydrogens is 262 g/mol. The van der Waals surface area contributed by atoms with Gasteiger partial charge in [-0.3, -0.25) is 5.43 Å². The molecule has 2 heterocycles. The van der Waals surface area contributed by atoms with Gasteiger partial charge < -0.3 is 9.80 Å². The van der Waals surface area contributed by atoms with Crippen molar-refractivity contribution < 1.29 is 0 Å². The minimum atomic E-state index is 0.391. The van der Waals surface area contributed by atoms with Gasteiger partial charge >= 0.3 is 0 Å². The molecule has 1 aromatic rings. The van der Waals surface area contributed by atoms with Gasteiger partial charge in [0.25, 0.3) is 0 Å². The molecule has 2 atom stereocenters. The number of anilines is 3. The van der Waals surface area contributed by atoms with Crippen LogP contribution in [0.5, 0.6) is 0 Å². The van der Waals surface area contributed by atoms with Crippen molar-refractivity contribution in [1.29, 1.82) is 0 Å². The predicted molar refractivity (Wildman–Crippen MR) is 80.7 cm³/mol. The van der Waals surface area contributed by atoms with Crippen molar-refractivity contribution in [3.8, 4) is 0 Å². The molecule has 0 saturated carbocycles. The first-order valence-electron chi connectivity index (χ1n) is 6.31. The third-order valence-corrected chi connectivity index (χ3v) is 4.62. The lowest BCUT2D eigenvalue weighted by Gasteiger charge is -2.37. The largest absolute Gasteiger partial charge is 0.347 e. The van der Waals surface area contributed by atoms with Crippen molar-refractivity contribution >= 4 is 29.6 Å². The molecule has 0 aromatic carbocycles. The molecule has 1 saturated heterocycles. The molecule has 1 aromatic heterocycles. The lowest BCUT2D eigenvalue weighted by molar-refractivity contribution is 0.610. The van der Waals surface area contributed by atoms with Gasteiger partial charge in [0, 0.05) is 37.7 Å². The van der Waals surface area contributed by atoms with Crippen LogP contribution in [0.1, 0.15) is 13.8 Å². The highest BCUT2D eigenvalue weighted by Gasteiger charge is 2.28. The topological polar surface area (TPSA) is 83.2 Å². The Labute approximate surface area is 118 Å². The molecule has 1 aliphatic heterocycles. The Balaban J connectivity index is 2.34. The van der Waals surface area contributed by atoms with E-state index in [2.05, 4.69) is 39.1 Å². The lowest BCUT2D eigenvalue weighted by atomic mass is 10.2. The second-order valence-electron chi connectivity index (χ2n) is 4.81. The first kappa shape index (κ1) is 14.1. The summed E-state index contributed by atoms with van der Waals surface area (Å²) in [6, 6.07) is 0.391. The van der Waals surface area contributed by atoms with Crippen LogP contribution >= 0.6 is 11.8 Å². The smallest absolute Gasteiger partial charge is 0.243 e. The maximum Gasteiger partial charge on any atom is 0.243 e. The van der Waals surface area contributed by atoms with Gasteiger partial charge in [0.1, 0.15) is 0 Å². The molecule has 0 spiro atoms. The number of hydrogen-bond donors (Lipinski definition) is 2. The number of nitrogens with one attached hydrogen (secondary N) is 1. The summed E-state index contributed by atoms with van der Waals surface area (Å²) < 4.78 is 0. The maximum absolute atomic E-state index is 5.44. The van der Waals surface area contributed by atoms with E-state index in [0.717, 1.165) is 12.3 Å². The molecule has 8 heteroatoms. The van der Waals surface area contributed by atoms with Crippen LogP contribution < -0.4 is 21.1 Å². The fraction of sp³-hybridized carbons (Fsp3) is 0.727. The minimum absolute atomic E-state index is 0.391. The van der Waals surface area contributed by atoms with Crippen LogP contribution in [0.2, 0.25) is 0 Å². The number of hydrazine groups is 1. The van der Waals surface area contributed by atoms with Crippen LogP contribution in [0.3, 0.4) is 0 Å². The first-order chi connectivity index (χ1) is 9.02. The Kier molecular flexibility index (Phi) is 4.31. The number of nitrogens with two attached hydrogens (primary N) is 1. The highest BCUT2D eigenvalue weighted by Crippen LogP contribution is 2.27. The molecular formula is C11H21N7S. The van der Waals surface area contributed by atoms with E-state index in [0.29, 0.717) is 29.1 Å². The molecule has 19 heavy (non-hydrogen) atoms. The maximum atomic E-state index is 5.44. The van der Waals surface area contributed by atoms with Gasteiger partial charge in [0.2, 0.25) is 17.8 Å². The Morgan fingerprint density at radius 1 is 1.32 bits per heavy atom. The number of nitrogens with zero attached hydrogens (tertiary/aromatic N) is 5. The van der Waals surface area contributed by atoms with Gasteiger partial charge in [-0.25, -0.2) is 5.84 Å². The second kappa shape index (κ2) is 5.79. The summed E-state index contributed by atoms with van der Waals surface area (Å²) in [6.07, 6.45) is 0. The average Bonchev–Trinajstić information content (AvgIpc) is 2.41. The standard InChI is InChI=1S/C11H21N7S/c1-7-8(2)19-6-5-18(7)11-14-9(16-12)13-10(15-11)17(3)4/h7-8H,5-6,12H2,1-4H3,(H,13,14,15,16). The molecule has 2 unspecified atom stereocenters. The first-order valence-corrected chi connectivity index (χ1v) is 7.36. The lowest BCUT2D eigenvalue weighted by Crippen LogP contribution is -2.45. The van der Waals surface area contributed by atoms with Crippen molar-refractivity contribution in [1.82, 2.24) is 15.0 Å². The molecule has 1 aliphatic rings. The molecule has 0 aliphatic carbocycles. The Bertz CT molecular complexity index is 439. The molecule has 0 bridgehead atoms. The summed E-state index contributed by atoms with van der Waals surface area (Å²) in [5.41, 5.74) is 2.51. The fourth-order valence-electron chi connectivity index (χ4n) is 1.96. The summed E-state index contributed by atoms with van der Waals surface area (Å²) >= 11 is 1.98. The molecule has 0 amide bonds. The molecule has 0 radical (unpaired) electrons. The Hall–Kier alpha value is -1.28. The number of hydrogen-bond acceptors (Lipinski definition) is 8. The van der Waals surface area contributed by atoms with Crippen LogP contribution in [-0.2, 0) is 0 Å². The van der Waals surface area contributed by atoms with Crippen molar-refractivity contribution in [3.05, 3.63) is 0 Å². The normalized spacial score (nSPS) is 23.3.